The molecule has 0 aliphatic carbocycles. The molecule has 6 rings (SSSR count). The predicted molar refractivity (Wildman–Crippen MR) is 128 cm³/mol. The van der Waals surface area contributed by atoms with E-state index in [1.165, 1.54) is 0 Å². The molecule has 1 spiro atoms. The van der Waals surface area contributed by atoms with Crippen molar-refractivity contribution in [3.63, 3.8) is 0 Å². The molecule has 3 N–H and O–H groups in total. The number of ether oxygens (including phenoxy) is 2. The molecule has 1 amide bonds. The summed E-state index contributed by atoms with van der Waals surface area (Å²) < 4.78 is 11.3. The number of nitrogens with one attached hydrogen (secondary N) is 3. The maximum absolute atomic E-state index is 13.6. The molecule has 0 saturated carbocycles. The van der Waals surface area contributed by atoms with Gasteiger partial charge >= 0.3 is 0 Å². The van der Waals surface area contributed by atoms with Gasteiger partial charge in [-0.05, 0) is 24.3 Å². The zero-order valence-electron chi connectivity index (χ0n) is 17.9. The molecule has 0 radical (unpaired) electrons. The van der Waals surface area contributed by atoms with Crippen molar-refractivity contribution >= 4 is 45.7 Å². The molecule has 1 unspecified atom stereocenters. The van der Waals surface area contributed by atoms with Gasteiger partial charge in [0, 0.05) is 30.9 Å². The fraction of sp³-hybridized carbons (Fsp3) is 0.160. The monoisotopic (exact) mass is 474 g/mol. The number of aromatic amines is 1. The molecular formula is C25H19ClN4O4. The summed E-state index contributed by atoms with van der Waals surface area (Å²) in [6, 6.07) is 14.3. The van der Waals surface area contributed by atoms with E-state index in [9.17, 15) is 9.59 Å². The maximum Gasteiger partial charge on any atom is 0.252 e. The Kier molecular flexibility index (Phi) is 4.79. The van der Waals surface area contributed by atoms with Crippen molar-refractivity contribution in [2.75, 3.05) is 23.8 Å². The molecule has 34 heavy (non-hydrogen) atoms. The number of halogens is 1. The summed E-state index contributed by atoms with van der Waals surface area (Å²) in [7, 11) is 0. The van der Waals surface area contributed by atoms with Crippen molar-refractivity contribution in [1.29, 1.82) is 0 Å². The minimum absolute atomic E-state index is 0.167. The first-order valence-electron chi connectivity index (χ1n) is 10.8. The highest BCUT2D eigenvalue weighted by Gasteiger charge is 2.46. The molecule has 8 nitrogen and oxygen atoms in total. The topological polar surface area (TPSA) is 105 Å². The van der Waals surface area contributed by atoms with Gasteiger partial charge in [-0.25, -0.2) is 4.98 Å². The minimum Gasteiger partial charge on any atom is -0.457 e. The number of ketones is 1. The number of carbonyl (C=O) groups excluding carboxylic acids is 2. The lowest BCUT2D eigenvalue weighted by Crippen LogP contribution is -2.53. The zero-order chi connectivity index (χ0) is 23.3. The van der Waals surface area contributed by atoms with Gasteiger partial charge in [0.1, 0.15) is 22.7 Å². The van der Waals surface area contributed by atoms with Gasteiger partial charge < -0.3 is 25.1 Å². The van der Waals surface area contributed by atoms with E-state index in [-0.39, 0.29) is 23.3 Å². The van der Waals surface area contributed by atoms with Gasteiger partial charge in [-0.2, -0.15) is 0 Å². The van der Waals surface area contributed by atoms with Crippen LogP contribution in [-0.4, -0.2) is 40.4 Å². The number of anilines is 2. The second-order valence-electron chi connectivity index (χ2n) is 8.32. The van der Waals surface area contributed by atoms with Gasteiger partial charge in [0.05, 0.1) is 40.2 Å². The van der Waals surface area contributed by atoms with Crippen molar-refractivity contribution < 1.29 is 19.1 Å². The third kappa shape index (κ3) is 3.30. The summed E-state index contributed by atoms with van der Waals surface area (Å²) in [5, 5.41) is 7.12. The Labute approximate surface area is 199 Å². The van der Waals surface area contributed by atoms with E-state index >= 15 is 0 Å². The van der Waals surface area contributed by atoms with Crippen molar-refractivity contribution in [2.45, 2.75) is 12.0 Å². The second-order valence-corrected chi connectivity index (χ2v) is 8.73. The standard InChI is InChI=1S/C25H19ClN4O4/c26-18-10-15(34-14-4-2-1-3-5-14)6-7-16(18)22(31)17-11-27-23-20(17)21-19(12-28-23)29-24(32)25(30-21)8-9-33-13-25/h1-7,10-12,30H,8-9,13H2,(H,27,28)(H,29,32). The molecule has 2 aromatic heterocycles. The van der Waals surface area contributed by atoms with Crippen LogP contribution in [0.3, 0.4) is 0 Å². The van der Waals surface area contributed by atoms with Crippen molar-refractivity contribution in [1.82, 2.24) is 9.97 Å². The van der Waals surface area contributed by atoms with Gasteiger partial charge in [-0.3, -0.25) is 9.59 Å². The van der Waals surface area contributed by atoms with Crippen LogP contribution in [0.15, 0.2) is 60.9 Å². The zero-order valence-corrected chi connectivity index (χ0v) is 18.6. The Morgan fingerprint density at radius 1 is 1.12 bits per heavy atom. The molecule has 1 saturated heterocycles. The van der Waals surface area contributed by atoms with Gasteiger partial charge in [-0.15, -0.1) is 0 Å². The fourth-order valence-corrected chi connectivity index (χ4v) is 4.65. The molecule has 2 aliphatic heterocycles. The number of aromatic nitrogens is 2. The van der Waals surface area contributed by atoms with Crippen LogP contribution in [0.1, 0.15) is 22.3 Å². The number of amides is 1. The Balaban J connectivity index is 1.38. The highest BCUT2D eigenvalue weighted by atomic mass is 35.5. The Hall–Kier alpha value is -3.88. The largest absolute Gasteiger partial charge is 0.457 e. The Morgan fingerprint density at radius 2 is 1.97 bits per heavy atom. The number of pyridine rings is 1. The maximum atomic E-state index is 13.6. The Bertz CT molecular complexity index is 1440. The van der Waals surface area contributed by atoms with Crippen LogP contribution in [0.4, 0.5) is 11.4 Å². The van der Waals surface area contributed by atoms with Gasteiger partial charge in [-0.1, -0.05) is 29.8 Å². The summed E-state index contributed by atoms with van der Waals surface area (Å²) in [6.45, 7) is 0.737. The summed E-state index contributed by atoms with van der Waals surface area (Å²) in [4.78, 5) is 33.7. The third-order valence-electron chi connectivity index (χ3n) is 6.18. The number of para-hydroxylation sites is 1. The molecule has 170 valence electrons. The molecule has 4 heterocycles. The molecular weight excluding hydrogens is 456 g/mol. The highest BCUT2D eigenvalue weighted by Crippen LogP contribution is 2.41. The van der Waals surface area contributed by atoms with Crippen LogP contribution in [0.5, 0.6) is 11.5 Å². The van der Waals surface area contributed by atoms with E-state index < -0.39 is 5.54 Å². The van der Waals surface area contributed by atoms with E-state index in [4.69, 9.17) is 21.1 Å². The number of rotatable bonds is 4. The van der Waals surface area contributed by atoms with Crippen LogP contribution >= 0.6 is 11.6 Å². The highest BCUT2D eigenvalue weighted by molar-refractivity contribution is 6.36. The summed E-state index contributed by atoms with van der Waals surface area (Å²) in [6.07, 6.45) is 3.71. The van der Waals surface area contributed by atoms with E-state index in [1.54, 1.807) is 30.6 Å². The predicted octanol–water partition coefficient (Wildman–Crippen LogP) is 4.76. The van der Waals surface area contributed by atoms with Crippen molar-refractivity contribution in [3.05, 3.63) is 77.1 Å². The number of hydrogen-bond acceptors (Lipinski definition) is 6. The molecule has 1 fully saturated rings. The van der Waals surface area contributed by atoms with Crippen LogP contribution in [0.2, 0.25) is 5.02 Å². The number of hydrogen-bond donors (Lipinski definition) is 3. The second kappa shape index (κ2) is 7.86. The molecule has 0 bridgehead atoms. The first kappa shape index (κ1) is 20.7. The fourth-order valence-electron chi connectivity index (χ4n) is 4.39. The number of fused-ring (bicyclic) bond motifs is 3. The average molecular weight is 475 g/mol. The van der Waals surface area contributed by atoms with E-state index in [0.717, 1.165) is 0 Å². The molecule has 9 heteroatoms. The summed E-state index contributed by atoms with van der Waals surface area (Å²) in [5.74, 6) is 0.760. The smallest absolute Gasteiger partial charge is 0.252 e. The summed E-state index contributed by atoms with van der Waals surface area (Å²) in [5.41, 5.74) is 1.55. The first-order chi connectivity index (χ1) is 16.5. The van der Waals surface area contributed by atoms with Crippen molar-refractivity contribution in [3.8, 4) is 11.5 Å². The molecule has 1 atom stereocenters. The van der Waals surface area contributed by atoms with E-state index in [0.29, 0.717) is 58.1 Å². The number of nitrogens with zero attached hydrogens (tertiary/aromatic N) is 1. The quantitative estimate of drug-likeness (QED) is 0.368. The minimum atomic E-state index is -0.868. The van der Waals surface area contributed by atoms with Crippen molar-refractivity contribution in [2.24, 2.45) is 0 Å². The number of carbonyl (C=O) groups is 2. The SMILES string of the molecule is O=C(c1ccc(Oc2ccccc2)cc1Cl)c1c[nH]c2ncc3c(c12)NC1(CCOC1)C(=O)N3. The van der Waals surface area contributed by atoms with Gasteiger partial charge in [0.15, 0.2) is 5.78 Å². The number of H-pyrrole nitrogens is 1. The lowest BCUT2D eigenvalue weighted by Gasteiger charge is -2.34. The van der Waals surface area contributed by atoms with Gasteiger partial charge in [0.2, 0.25) is 0 Å². The van der Waals surface area contributed by atoms with Gasteiger partial charge in [0.25, 0.3) is 5.91 Å². The van der Waals surface area contributed by atoms with Crippen LogP contribution in [-0.2, 0) is 9.53 Å². The molecule has 2 aliphatic rings. The lowest BCUT2D eigenvalue weighted by molar-refractivity contribution is -0.120. The first-order valence-corrected chi connectivity index (χ1v) is 11.2. The summed E-state index contributed by atoms with van der Waals surface area (Å²) >= 11 is 6.50. The Morgan fingerprint density at radius 3 is 2.74 bits per heavy atom. The van der Waals surface area contributed by atoms with Crippen LogP contribution in [0, 0.1) is 0 Å². The normalized spacial score (nSPS) is 19.0. The third-order valence-corrected chi connectivity index (χ3v) is 6.49. The molecule has 4 aromatic rings. The van der Waals surface area contributed by atoms with Crippen LogP contribution < -0.4 is 15.4 Å². The number of benzene rings is 2. The van der Waals surface area contributed by atoms with Crippen LogP contribution in [0.25, 0.3) is 11.0 Å². The average Bonchev–Trinajstić information content (AvgIpc) is 3.49. The lowest BCUT2D eigenvalue weighted by atomic mass is 9.93. The van der Waals surface area contributed by atoms with E-state index in [1.807, 2.05) is 30.3 Å². The van der Waals surface area contributed by atoms with E-state index in [2.05, 4.69) is 20.6 Å². The molecule has 2 aromatic carbocycles.